The van der Waals surface area contributed by atoms with E-state index in [1.807, 2.05) is 24.3 Å². The summed E-state index contributed by atoms with van der Waals surface area (Å²) in [5, 5.41) is 0.970. The monoisotopic (exact) mass is 170 g/mol. The van der Waals surface area contributed by atoms with Crippen molar-refractivity contribution in [1.82, 2.24) is 9.97 Å². The molecule has 0 saturated carbocycles. The van der Waals surface area contributed by atoms with Gasteiger partial charge < -0.3 is 4.42 Å². The molecule has 0 amide bonds. The highest BCUT2D eigenvalue weighted by Crippen LogP contribution is 2.23. The lowest BCUT2D eigenvalue weighted by Gasteiger charge is -1.84. The predicted octanol–water partition coefficient (Wildman–Crippen LogP) is 2.38. The highest BCUT2D eigenvalue weighted by atomic mass is 16.3. The summed E-state index contributed by atoms with van der Waals surface area (Å²) in [6.07, 6.45) is 3.47. The summed E-state index contributed by atoms with van der Waals surface area (Å²) in [6.45, 7) is 0. The SMILES string of the molecule is c1cnc2c(c1)oc1ncccc12. The highest BCUT2D eigenvalue weighted by molar-refractivity contribution is 6.00. The minimum absolute atomic E-state index is 0.649. The van der Waals surface area contributed by atoms with Crippen LogP contribution >= 0.6 is 0 Å². The second-order valence-corrected chi connectivity index (χ2v) is 2.81. The molecule has 0 atom stereocenters. The van der Waals surface area contributed by atoms with Crippen molar-refractivity contribution >= 4 is 22.2 Å². The number of furan rings is 1. The van der Waals surface area contributed by atoms with E-state index in [1.54, 1.807) is 12.4 Å². The maximum atomic E-state index is 5.48. The van der Waals surface area contributed by atoms with Crippen LogP contribution in [0.15, 0.2) is 41.1 Å². The molecule has 62 valence electrons. The van der Waals surface area contributed by atoms with Gasteiger partial charge in [-0.2, -0.15) is 0 Å². The molecule has 3 heteroatoms. The van der Waals surface area contributed by atoms with Crippen molar-refractivity contribution in [2.24, 2.45) is 0 Å². The van der Waals surface area contributed by atoms with Gasteiger partial charge >= 0.3 is 0 Å². The molecule has 0 N–H and O–H groups in total. The Balaban J connectivity index is 2.64. The molecule has 0 aliphatic carbocycles. The van der Waals surface area contributed by atoms with Gasteiger partial charge in [0.1, 0.15) is 5.52 Å². The van der Waals surface area contributed by atoms with Crippen LogP contribution in [0.5, 0.6) is 0 Å². The zero-order valence-corrected chi connectivity index (χ0v) is 6.77. The summed E-state index contributed by atoms with van der Waals surface area (Å²) in [5.74, 6) is 0. The van der Waals surface area contributed by atoms with Crippen molar-refractivity contribution in [2.75, 3.05) is 0 Å². The molecule has 0 bridgehead atoms. The molecule has 0 unspecified atom stereocenters. The van der Waals surface area contributed by atoms with Crippen molar-refractivity contribution in [1.29, 1.82) is 0 Å². The van der Waals surface area contributed by atoms with E-state index in [0.29, 0.717) is 5.71 Å². The first-order chi connectivity index (χ1) is 6.45. The molecule has 3 rings (SSSR count). The summed E-state index contributed by atoms with van der Waals surface area (Å²) < 4.78 is 5.48. The van der Waals surface area contributed by atoms with Gasteiger partial charge in [0, 0.05) is 12.4 Å². The smallest absolute Gasteiger partial charge is 0.228 e. The Bertz CT molecular complexity index is 521. The third kappa shape index (κ3) is 0.839. The number of pyridine rings is 2. The van der Waals surface area contributed by atoms with Crippen molar-refractivity contribution in [3.05, 3.63) is 36.7 Å². The molecule has 0 fully saturated rings. The average Bonchev–Trinajstić information content (AvgIpc) is 2.56. The van der Waals surface area contributed by atoms with E-state index in [4.69, 9.17) is 4.42 Å². The number of nitrogens with zero attached hydrogens (tertiary/aromatic N) is 2. The third-order valence-corrected chi connectivity index (χ3v) is 2.00. The Morgan fingerprint density at radius 2 is 1.85 bits per heavy atom. The molecule has 3 heterocycles. The van der Waals surface area contributed by atoms with E-state index in [1.165, 1.54) is 0 Å². The quantitative estimate of drug-likeness (QED) is 0.520. The molecule has 3 nitrogen and oxygen atoms in total. The first-order valence-electron chi connectivity index (χ1n) is 4.03. The van der Waals surface area contributed by atoms with Crippen molar-refractivity contribution in [3.8, 4) is 0 Å². The predicted molar refractivity (Wildman–Crippen MR) is 49.3 cm³/mol. The highest BCUT2D eigenvalue weighted by Gasteiger charge is 2.05. The molecule has 0 aliphatic rings. The van der Waals surface area contributed by atoms with Gasteiger partial charge in [0.15, 0.2) is 5.58 Å². The van der Waals surface area contributed by atoms with Crippen molar-refractivity contribution in [3.63, 3.8) is 0 Å². The Hall–Kier alpha value is -1.90. The molecule has 0 spiro atoms. The topological polar surface area (TPSA) is 38.9 Å². The number of fused-ring (bicyclic) bond motifs is 3. The summed E-state index contributed by atoms with van der Waals surface area (Å²) in [6, 6.07) is 7.59. The van der Waals surface area contributed by atoms with Crippen LogP contribution in [0.2, 0.25) is 0 Å². The van der Waals surface area contributed by atoms with Gasteiger partial charge in [0.25, 0.3) is 0 Å². The Kier molecular flexibility index (Phi) is 1.16. The van der Waals surface area contributed by atoms with E-state index in [0.717, 1.165) is 16.5 Å². The van der Waals surface area contributed by atoms with Crippen LogP contribution in [0, 0.1) is 0 Å². The number of rotatable bonds is 0. The molecule has 3 aromatic rings. The van der Waals surface area contributed by atoms with E-state index < -0.39 is 0 Å². The lowest BCUT2D eigenvalue weighted by atomic mass is 10.3. The molecule has 0 saturated heterocycles. The Morgan fingerprint density at radius 3 is 2.85 bits per heavy atom. The van der Waals surface area contributed by atoms with Crippen LogP contribution in [-0.4, -0.2) is 9.97 Å². The van der Waals surface area contributed by atoms with Gasteiger partial charge in [-0.25, -0.2) is 4.98 Å². The summed E-state index contributed by atoms with van der Waals surface area (Å²) in [4.78, 5) is 8.35. The molecule has 13 heavy (non-hydrogen) atoms. The number of hydrogen-bond acceptors (Lipinski definition) is 3. The normalized spacial score (nSPS) is 11.1. The molecule has 0 aromatic carbocycles. The van der Waals surface area contributed by atoms with Crippen LogP contribution < -0.4 is 0 Å². The van der Waals surface area contributed by atoms with E-state index >= 15 is 0 Å². The van der Waals surface area contributed by atoms with Crippen molar-refractivity contribution in [2.45, 2.75) is 0 Å². The minimum atomic E-state index is 0.649. The van der Waals surface area contributed by atoms with E-state index in [2.05, 4.69) is 9.97 Å². The Labute approximate surface area is 74.0 Å². The fourth-order valence-corrected chi connectivity index (χ4v) is 1.43. The van der Waals surface area contributed by atoms with Crippen LogP contribution in [0.3, 0.4) is 0 Å². The Morgan fingerprint density at radius 1 is 1.00 bits per heavy atom. The van der Waals surface area contributed by atoms with Crippen LogP contribution in [0.4, 0.5) is 0 Å². The van der Waals surface area contributed by atoms with Crippen LogP contribution in [-0.2, 0) is 0 Å². The molecule has 0 aliphatic heterocycles. The number of aromatic nitrogens is 2. The van der Waals surface area contributed by atoms with Crippen molar-refractivity contribution < 1.29 is 4.42 Å². The van der Waals surface area contributed by atoms with E-state index in [-0.39, 0.29) is 0 Å². The standard InChI is InChI=1S/C10H6N2O/c1-3-7-9-8(4-2-5-11-9)13-10(7)12-6-1/h1-6H. The summed E-state index contributed by atoms with van der Waals surface area (Å²) >= 11 is 0. The molecule has 0 radical (unpaired) electrons. The van der Waals surface area contributed by atoms with Gasteiger partial charge in [-0.3, -0.25) is 4.98 Å². The van der Waals surface area contributed by atoms with Gasteiger partial charge in [-0.15, -0.1) is 0 Å². The van der Waals surface area contributed by atoms with Gasteiger partial charge in [-0.05, 0) is 24.3 Å². The second-order valence-electron chi connectivity index (χ2n) is 2.81. The fourth-order valence-electron chi connectivity index (χ4n) is 1.43. The minimum Gasteiger partial charge on any atom is -0.436 e. The zero-order valence-electron chi connectivity index (χ0n) is 6.77. The lowest BCUT2D eigenvalue weighted by molar-refractivity contribution is 0.653. The summed E-state index contributed by atoms with van der Waals surface area (Å²) in [7, 11) is 0. The maximum Gasteiger partial charge on any atom is 0.228 e. The summed E-state index contributed by atoms with van der Waals surface area (Å²) in [5.41, 5.74) is 2.32. The van der Waals surface area contributed by atoms with Gasteiger partial charge in [0.2, 0.25) is 5.71 Å². The molecule has 3 aromatic heterocycles. The largest absolute Gasteiger partial charge is 0.436 e. The van der Waals surface area contributed by atoms with Crippen LogP contribution in [0.25, 0.3) is 22.2 Å². The zero-order chi connectivity index (χ0) is 8.67. The number of hydrogen-bond donors (Lipinski definition) is 0. The third-order valence-electron chi connectivity index (χ3n) is 2.00. The van der Waals surface area contributed by atoms with E-state index in [9.17, 15) is 0 Å². The van der Waals surface area contributed by atoms with Gasteiger partial charge in [-0.1, -0.05) is 0 Å². The maximum absolute atomic E-state index is 5.48. The second kappa shape index (κ2) is 2.29. The molecular formula is C10H6N2O. The van der Waals surface area contributed by atoms with Gasteiger partial charge in [0.05, 0.1) is 5.39 Å². The van der Waals surface area contributed by atoms with Crippen LogP contribution in [0.1, 0.15) is 0 Å². The lowest BCUT2D eigenvalue weighted by Crippen LogP contribution is -1.72. The first-order valence-corrected chi connectivity index (χ1v) is 4.03. The average molecular weight is 170 g/mol. The molecular weight excluding hydrogens is 164 g/mol. The first kappa shape index (κ1) is 6.60. The fraction of sp³-hybridized carbons (Fsp3) is 0.